The van der Waals surface area contributed by atoms with Gasteiger partial charge in [0.25, 0.3) is 5.91 Å². The van der Waals surface area contributed by atoms with Crippen molar-refractivity contribution in [2.75, 3.05) is 17.7 Å². The topological polar surface area (TPSA) is 107 Å². The number of aromatic nitrogens is 2. The summed E-state index contributed by atoms with van der Waals surface area (Å²) >= 11 is 0. The van der Waals surface area contributed by atoms with E-state index in [9.17, 15) is 18.0 Å². The first kappa shape index (κ1) is 19.6. The molecule has 1 amide bonds. The summed E-state index contributed by atoms with van der Waals surface area (Å²) in [6.07, 6.45) is -0.324. The second-order valence-corrected chi connectivity index (χ2v) is 7.87. The predicted octanol–water partition coefficient (Wildman–Crippen LogP) is 1.38. The van der Waals surface area contributed by atoms with Crippen LogP contribution >= 0.6 is 0 Å². The first-order chi connectivity index (χ1) is 12.2. The number of nitrogens with zero attached hydrogens (tertiary/aromatic N) is 2. The summed E-state index contributed by atoms with van der Waals surface area (Å²) in [7, 11) is -1.81. The van der Waals surface area contributed by atoms with Gasteiger partial charge in [0, 0.05) is 7.05 Å². The highest BCUT2D eigenvalue weighted by atomic mass is 32.2. The van der Waals surface area contributed by atoms with E-state index in [1.807, 2.05) is 0 Å². The van der Waals surface area contributed by atoms with Gasteiger partial charge in [0.1, 0.15) is 0 Å². The van der Waals surface area contributed by atoms with Crippen molar-refractivity contribution in [3.05, 3.63) is 41.7 Å². The van der Waals surface area contributed by atoms with Gasteiger partial charge >= 0.3 is 5.97 Å². The van der Waals surface area contributed by atoms with E-state index in [-0.39, 0.29) is 17.1 Å². The van der Waals surface area contributed by atoms with E-state index in [4.69, 9.17) is 4.74 Å². The van der Waals surface area contributed by atoms with Gasteiger partial charge in [-0.05, 0) is 26.0 Å². The zero-order valence-corrected chi connectivity index (χ0v) is 15.7. The first-order valence-corrected chi connectivity index (χ1v) is 9.59. The van der Waals surface area contributed by atoms with Crippen LogP contribution in [0.3, 0.4) is 0 Å². The van der Waals surface area contributed by atoms with Gasteiger partial charge in [-0.3, -0.25) is 14.3 Å². The molecule has 0 radical (unpaired) electrons. The largest absolute Gasteiger partial charge is 0.456 e. The predicted molar refractivity (Wildman–Crippen MR) is 95.4 cm³/mol. The zero-order valence-electron chi connectivity index (χ0n) is 14.9. The Labute approximate surface area is 152 Å². The summed E-state index contributed by atoms with van der Waals surface area (Å²) < 4.78 is 30.7. The van der Waals surface area contributed by atoms with Crippen LogP contribution in [0.25, 0.3) is 0 Å². The van der Waals surface area contributed by atoms with E-state index < -0.39 is 28.3 Å². The number of benzene rings is 1. The Balaban J connectivity index is 1.82. The molecule has 140 valence electrons. The molecule has 1 heterocycles. The normalized spacial score (nSPS) is 11.2. The minimum atomic E-state index is -3.56. The highest BCUT2D eigenvalue weighted by Crippen LogP contribution is 2.18. The van der Waals surface area contributed by atoms with Gasteiger partial charge in [0.05, 0.1) is 34.1 Å². The summed E-state index contributed by atoms with van der Waals surface area (Å²) in [4.78, 5) is 23.8. The molecule has 0 atom stereocenters. The third-order valence-electron chi connectivity index (χ3n) is 3.81. The number of hydrogen-bond donors (Lipinski definition) is 1. The molecule has 0 unspecified atom stereocenters. The number of amides is 1. The van der Waals surface area contributed by atoms with Crippen LogP contribution in [0.15, 0.2) is 35.2 Å². The molecule has 2 rings (SSSR count). The summed E-state index contributed by atoms with van der Waals surface area (Å²) in [5.41, 5.74) is 2.00. The van der Waals surface area contributed by atoms with Crippen molar-refractivity contribution in [2.45, 2.75) is 25.2 Å². The Morgan fingerprint density at radius 3 is 2.42 bits per heavy atom. The molecule has 1 aromatic carbocycles. The van der Waals surface area contributed by atoms with Gasteiger partial charge < -0.3 is 10.1 Å². The molecule has 0 aliphatic carbocycles. The number of sulfone groups is 1. The first-order valence-electron chi connectivity index (χ1n) is 7.94. The monoisotopic (exact) mass is 379 g/mol. The van der Waals surface area contributed by atoms with Crippen molar-refractivity contribution in [1.82, 2.24) is 9.78 Å². The maximum atomic E-state index is 12.1. The molecular formula is C17H21N3O5S. The van der Waals surface area contributed by atoms with E-state index in [1.165, 1.54) is 12.1 Å². The number of anilines is 1. The van der Waals surface area contributed by atoms with Crippen molar-refractivity contribution >= 4 is 27.4 Å². The average molecular weight is 379 g/mol. The summed E-state index contributed by atoms with van der Waals surface area (Å²) in [6, 6.07) is 7.85. The highest BCUT2D eigenvalue weighted by Gasteiger charge is 2.18. The molecule has 0 saturated carbocycles. The molecular weight excluding hydrogens is 358 g/mol. The van der Waals surface area contributed by atoms with Crippen LogP contribution in [0.5, 0.6) is 0 Å². The Morgan fingerprint density at radius 2 is 1.85 bits per heavy atom. The molecule has 1 N–H and O–H groups in total. The van der Waals surface area contributed by atoms with Crippen molar-refractivity contribution in [3.8, 4) is 0 Å². The Kier molecular flexibility index (Phi) is 6.14. The minimum Gasteiger partial charge on any atom is -0.456 e. The molecule has 0 bridgehead atoms. The molecule has 0 saturated heterocycles. The number of ether oxygens (including phenoxy) is 1. The van der Waals surface area contributed by atoms with Gasteiger partial charge in [-0.2, -0.15) is 5.10 Å². The molecule has 2 aromatic rings. The minimum absolute atomic E-state index is 0.146. The molecule has 8 nitrogen and oxygen atoms in total. The van der Waals surface area contributed by atoms with Crippen LogP contribution < -0.4 is 5.32 Å². The van der Waals surface area contributed by atoms with Crippen molar-refractivity contribution in [3.63, 3.8) is 0 Å². The lowest BCUT2D eigenvalue weighted by Gasteiger charge is -2.07. The fourth-order valence-corrected chi connectivity index (χ4v) is 3.55. The lowest BCUT2D eigenvalue weighted by atomic mass is 10.3. The zero-order chi connectivity index (χ0) is 19.3. The molecule has 1 aromatic heterocycles. The van der Waals surface area contributed by atoms with Crippen molar-refractivity contribution in [1.29, 1.82) is 0 Å². The van der Waals surface area contributed by atoms with Crippen molar-refractivity contribution in [2.24, 2.45) is 7.05 Å². The number of carbonyl (C=O) groups is 2. The average Bonchev–Trinajstić information content (AvgIpc) is 2.85. The van der Waals surface area contributed by atoms with Gasteiger partial charge in [-0.1, -0.05) is 18.2 Å². The van der Waals surface area contributed by atoms with E-state index in [0.29, 0.717) is 11.4 Å². The molecule has 0 aliphatic heterocycles. The molecule has 26 heavy (non-hydrogen) atoms. The fourth-order valence-electron chi connectivity index (χ4n) is 2.31. The van der Waals surface area contributed by atoms with Crippen LogP contribution in [0, 0.1) is 13.8 Å². The van der Waals surface area contributed by atoms with E-state index in [2.05, 4.69) is 10.4 Å². The standard InChI is InChI=1S/C17H21N3O5S/c1-12-17(13(2)20(3)19-12)18-15(21)11-25-16(22)9-10-26(23,24)14-7-5-4-6-8-14/h4-8H,9-11H2,1-3H3,(H,18,21). The number of hydrogen-bond acceptors (Lipinski definition) is 6. The Bertz CT molecular complexity index is 904. The van der Waals surface area contributed by atoms with Crippen LogP contribution in [-0.4, -0.2) is 42.4 Å². The number of esters is 1. The third-order valence-corrected chi connectivity index (χ3v) is 5.55. The van der Waals surface area contributed by atoms with E-state index in [1.54, 1.807) is 43.8 Å². The quantitative estimate of drug-likeness (QED) is 0.728. The third kappa shape index (κ3) is 4.92. The van der Waals surface area contributed by atoms with Crippen molar-refractivity contribution < 1.29 is 22.7 Å². The lowest BCUT2D eigenvalue weighted by Crippen LogP contribution is -2.22. The summed E-state index contributed by atoms with van der Waals surface area (Å²) in [5.74, 6) is -1.64. The van der Waals surface area contributed by atoms with E-state index in [0.717, 1.165) is 5.69 Å². The van der Waals surface area contributed by atoms with Crippen LogP contribution in [0.2, 0.25) is 0 Å². The highest BCUT2D eigenvalue weighted by molar-refractivity contribution is 7.91. The Hall–Kier alpha value is -2.68. The lowest BCUT2D eigenvalue weighted by molar-refractivity contribution is -0.146. The second kappa shape index (κ2) is 8.13. The number of rotatable bonds is 7. The maximum absolute atomic E-state index is 12.1. The molecule has 9 heteroatoms. The SMILES string of the molecule is Cc1nn(C)c(C)c1NC(=O)COC(=O)CCS(=O)(=O)c1ccccc1. The Morgan fingerprint density at radius 1 is 1.19 bits per heavy atom. The van der Waals surface area contributed by atoms with Gasteiger partial charge in [0.2, 0.25) is 0 Å². The summed E-state index contributed by atoms with van der Waals surface area (Å²) in [6.45, 7) is 3.07. The van der Waals surface area contributed by atoms with Crippen LogP contribution in [-0.2, 0) is 31.2 Å². The number of aryl methyl sites for hydroxylation is 2. The molecule has 0 aliphatic rings. The number of nitrogens with one attached hydrogen (secondary N) is 1. The van der Waals surface area contributed by atoms with Crippen LogP contribution in [0.4, 0.5) is 5.69 Å². The second-order valence-electron chi connectivity index (χ2n) is 5.76. The molecule has 0 spiro atoms. The van der Waals surface area contributed by atoms with Gasteiger partial charge in [0.15, 0.2) is 16.4 Å². The summed E-state index contributed by atoms with van der Waals surface area (Å²) in [5, 5.41) is 6.81. The van der Waals surface area contributed by atoms with Gasteiger partial charge in [-0.15, -0.1) is 0 Å². The number of carbonyl (C=O) groups excluding carboxylic acids is 2. The van der Waals surface area contributed by atoms with Gasteiger partial charge in [-0.25, -0.2) is 8.42 Å². The fraction of sp³-hybridized carbons (Fsp3) is 0.353. The molecule has 0 fully saturated rings. The smallest absolute Gasteiger partial charge is 0.307 e. The maximum Gasteiger partial charge on any atom is 0.307 e. The van der Waals surface area contributed by atoms with E-state index >= 15 is 0 Å². The van der Waals surface area contributed by atoms with Crippen LogP contribution in [0.1, 0.15) is 17.8 Å².